The van der Waals surface area contributed by atoms with E-state index in [4.69, 9.17) is 11.1 Å². The third-order valence-corrected chi connectivity index (χ3v) is 6.05. The fourth-order valence-electron chi connectivity index (χ4n) is 2.91. The number of hydrogen-bond acceptors (Lipinski definition) is 3. The summed E-state index contributed by atoms with van der Waals surface area (Å²) in [4.78, 5) is 0. The monoisotopic (exact) mass is 288 g/mol. The Morgan fingerprint density at radius 3 is 2.16 bits per heavy atom. The molecule has 110 valence electrons. The molecule has 2 fully saturated rings. The van der Waals surface area contributed by atoms with Crippen LogP contribution in [0.4, 0.5) is 0 Å². The Hall–Kier alpha value is -0.660. The second kappa shape index (κ2) is 6.19. The van der Waals surface area contributed by atoms with Crippen molar-refractivity contribution < 1.29 is 8.42 Å². The lowest BCUT2D eigenvalue weighted by Crippen LogP contribution is -2.54. The summed E-state index contributed by atoms with van der Waals surface area (Å²) < 4.78 is 28.4. The first-order valence-corrected chi connectivity index (χ1v) is 8.54. The van der Waals surface area contributed by atoms with Gasteiger partial charge in [0, 0.05) is 19.6 Å². The normalized spacial score (nSPS) is 27.9. The van der Waals surface area contributed by atoms with Crippen molar-refractivity contribution in [3.05, 3.63) is 0 Å². The number of nitrogens with one attached hydrogen (secondary N) is 1. The highest BCUT2D eigenvalue weighted by Gasteiger charge is 2.37. The van der Waals surface area contributed by atoms with Gasteiger partial charge in [0.15, 0.2) is 0 Å². The van der Waals surface area contributed by atoms with Gasteiger partial charge < -0.3 is 5.73 Å². The van der Waals surface area contributed by atoms with Gasteiger partial charge >= 0.3 is 0 Å². The zero-order chi connectivity index (χ0) is 13.9. The molecule has 0 saturated carbocycles. The van der Waals surface area contributed by atoms with Crippen molar-refractivity contribution >= 4 is 16.0 Å². The smallest absolute Gasteiger partial charge is 0.282 e. The van der Waals surface area contributed by atoms with E-state index in [2.05, 4.69) is 0 Å². The Kier molecular flexibility index (Phi) is 4.81. The van der Waals surface area contributed by atoms with Crippen LogP contribution >= 0.6 is 0 Å². The summed E-state index contributed by atoms with van der Waals surface area (Å²) in [6.07, 6.45) is 6.52. The van der Waals surface area contributed by atoms with E-state index >= 15 is 0 Å². The third kappa shape index (κ3) is 3.27. The number of piperidine rings is 1. The first-order chi connectivity index (χ1) is 9.03. The van der Waals surface area contributed by atoms with E-state index < -0.39 is 16.3 Å². The Morgan fingerprint density at radius 1 is 1.00 bits per heavy atom. The van der Waals surface area contributed by atoms with Crippen LogP contribution in [0.25, 0.3) is 0 Å². The molecule has 0 bridgehead atoms. The van der Waals surface area contributed by atoms with Crippen LogP contribution in [-0.2, 0) is 10.2 Å². The molecule has 3 N–H and O–H groups in total. The lowest BCUT2D eigenvalue weighted by Gasteiger charge is -2.37. The van der Waals surface area contributed by atoms with Crippen molar-refractivity contribution in [3.8, 4) is 0 Å². The molecule has 2 rings (SSSR count). The summed E-state index contributed by atoms with van der Waals surface area (Å²) in [5.74, 6) is -0.0295. The molecule has 0 spiro atoms. The van der Waals surface area contributed by atoms with Crippen molar-refractivity contribution in [1.29, 1.82) is 5.41 Å². The SMILES string of the molecule is N=C(N)C1CCCCN1S(=O)(=O)N1CCCCCC1. The van der Waals surface area contributed by atoms with Gasteiger partial charge in [-0.3, -0.25) is 5.41 Å². The lowest BCUT2D eigenvalue weighted by atomic mass is 10.0. The predicted molar refractivity (Wildman–Crippen MR) is 75.2 cm³/mol. The molecular formula is C12H24N4O2S. The van der Waals surface area contributed by atoms with E-state index in [0.717, 1.165) is 38.5 Å². The van der Waals surface area contributed by atoms with Crippen molar-refractivity contribution in [3.63, 3.8) is 0 Å². The minimum absolute atomic E-state index is 0.0295. The first-order valence-electron chi connectivity index (χ1n) is 7.14. The summed E-state index contributed by atoms with van der Waals surface area (Å²) in [7, 11) is -3.46. The molecule has 0 amide bonds. The number of nitrogens with zero attached hydrogens (tertiary/aromatic N) is 2. The Bertz CT molecular complexity index is 415. The average molecular weight is 288 g/mol. The highest BCUT2D eigenvalue weighted by atomic mass is 32.2. The second-order valence-corrected chi connectivity index (χ2v) is 7.28. The summed E-state index contributed by atoms with van der Waals surface area (Å²) in [5, 5.41) is 7.61. The van der Waals surface area contributed by atoms with Crippen LogP contribution in [0.15, 0.2) is 0 Å². The molecule has 2 saturated heterocycles. The molecule has 2 aliphatic heterocycles. The number of nitrogens with two attached hydrogens (primary N) is 1. The molecule has 1 atom stereocenters. The molecule has 7 heteroatoms. The van der Waals surface area contributed by atoms with Gasteiger partial charge in [0.1, 0.15) is 5.84 Å². The molecule has 0 aromatic rings. The van der Waals surface area contributed by atoms with Gasteiger partial charge in [-0.15, -0.1) is 0 Å². The summed E-state index contributed by atoms with van der Waals surface area (Å²) in [6, 6.07) is -0.443. The van der Waals surface area contributed by atoms with Gasteiger partial charge in [-0.25, -0.2) is 0 Å². The van der Waals surface area contributed by atoms with Gasteiger partial charge in [0.05, 0.1) is 6.04 Å². The maximum Gasteiger partial charge on any atom is 0.282 e. The predicted octanol–water partition coefficient (Wildman–Crippen LogP) is 0.898. The molecule has 0 radical (unpaired) electrons. The van der Waals surface area contributed by atoms with Gasteiger partial charge in [-0.1, -0.05) is 19.3 Å². The summed E-state index contributed by atoms with van der Waals surface area (Å²) in [6.45, 7) is 1.69. The van der Waals surface area contributed by atoms with Crippen LogP contribution in [0, 0.1) is 5.41 Å². The Labute approximate surface area is 115 Å². The third-order valence-electron chi connectivity index (χ3n) is 4.00. The topological polar surface area (TPSA) is 90.5 Å². The fourth-order valence-corrected chi connectivity index (χ4v) is 4.83. The average Bonchev–Trinajstić information content (AvgIpc) is 2.68. The molecule has 19 heavy (non-hydrogen) atoms. The van der Waals surface area contributed by atoms with Gasteiger partial charge in [0.25, 0.3) is 10.2 Å². The largest absolute Gasteiger partial charge is 0.386 e. The highest BCUT2D eigenvalue weighted by Crippen LogP contribution is 2.24. The van der Waals surface area contributed by atoms with Gasteiger partial charge in [-0.05, 0) is 25.7 Å². The van der Waals surface area contributed by atoms with Crippen LogP contribution in [-0.4, -0.2) is 48.5 Å². The number of rotatable bonds is 3. The Morgan fingerprint density at radius 2 is 1.58 bits per heavy atom. The molecule has 0 aliphatic carbocycles. The van der Waals surface area contributed by atoms with E-state index in [1.807, 2.05) is 0 Å². The van der Waals surface area contributed by atoms with Crippen LogP contribution in [0.3, 0.4) is 0 Å². The van der Waals surface area contributed by atoms with Crippen LogP contribution in [0.5, 0.6) is 0 Å². The summed E-state index contributed by atoms with van der Waals surface area (Å²) in [5.41, 5.74) is 5.57. The van der Waals surface area contributed by atoms with E-state index in [1.165, 1.54) is 4.31 Å². The molecule has 0 aromatic heterocycles. The highest BCUT2D eigenvalue weighted by molar-refractivity contribution is 7.86. The minimum atomic E-state index is -3.46. The molecule has 1 unspecified atom stereocenters. The maximum atomic E-state index is 12.7. The van der Waals surface area contributed by atoms with Crippen molar-refractivity contribution in [2.45, 2.75) is 51.0 Å². The molecule has 2 heterocycles. The van der Waals surface area contributed by atoms with E-state index in [9.17, 15) is 8.42 Å². The van der Waals surface area contributed by atoms with Crippen LogP contribution < -0.4 is 5.73 Å². The van der Waals surface area contributed by atoms with Gasteiger partial charge in [-0.2, -0.15) is 17.0 Å². The zero-order valence-corrected chi connectivity index (χ0v) is 12.2. The molecular weight excluding hydrogens is 264 g/mol. The second-order valence-electron chi connectivity index (χ2n) is 5.40. The van der Waals surface area contributed by atoms with Crippen molar-refractivity contribution in [2.24, 2.45) is 5.73 Å². The standard InChI is InChI=1S/C12H24N4O2S/c13-12(14)11-7-3-6-10-16(11)19(17,18)15-8-4-1-2-5-9-15/h11H,1-10H2,(H3,13,14). The van der Waals surface area contributed by atoms with E-state index in [-0.39, 0.29) is 5.84 Å². The maximum absolute atomic E-state index is 12.7. The molecule has 2 aliphatic rings. The van der Waals surface area contributed by atoms with E-state index in [1.54, 1.807) is 4.31 Å². The van der Waals surface area contributed by atoms with Crippen LogP contribution in [0.1, 0.15) is 44.9 Å². The number of amidine groups is 1. The minimum Gasteiger partial charge on any atom is -0.386 e. The zero-order valence-electron chi connectivity index (χ0n) is 11.3. The quantitative estimate of drug-likeness (QED) is 0.597. The lowest BCUT2D eigenvalue weighted by molar-refractivity contribution is 0.273. The fraction of sp³-hybridized carbons (Fsp3) is 0.917. The first kappa shape index (κ1) is 14.7. The Balaban J connectivity index is 2.18. The van der Waals surface area contributed by atoms with Gasteiger partial charge in [0.2, 0.25) is 0 Å². The van der Waals surface area contributed by atoms with Crippen molar-refractivity contribution in [1.82, 2.24) is 8.61 Å². The van der Waals surface area contributed by atoms with Crippen LogP contribution in [0.2, 0.25) is 0 Å². The molecule has 6 nitrogen and oxygen atoms in total. The number of hydrogen-bond donors (Lipinski definition) is 2. The summed E-state index contributed by atoms with van der Waals surface area (Å²) >= 11 is 0. The van der Waals surface area contributed by atoms with Crippen molar-refractivity contribution in [2.75, 3.05) is 19.6 Å². The molecule has 0 aromatic carbocycles. The van der Waals surface area contributed by atoms with E-state index in [0.29, 0.717) is 26.1 Å².